The number of aromatic nitrogens is 2. The Kier molecular flexibility index (Phi) is 2.73. The van der Waals surface area contributed by atoms with Gasteiger partial charge in [-0.05, 0) is 29.8 Å². The minimum Gasteiger partial charge on any atom is -0.288 e. The molecule has 0 spiro atoms. The lowest BCUT2D eigenvalue weighted by Gasteiger charge is -2.06. The van der Waals surface area contributed by atoms with Crippen LogP contribution in [0.2, 0.25) is 0 Å². The SMILES string of the molecule is O=C1NC(=O)c2cc(-c3cnc4c(ccc5cccnc54)c3)ccc21. The molecule has 25 heavy (non-hydrogen) atoms. The van der Waals surface area contributed by atoms with Crippen LogP contribution < -0.4 is 5.32 Å². The predicted octanol–water partition coefficient (Wildman–Crippen LogP) is 3.33. The van der Waals surface area contributed by atoms with Gasteiger partial charge in [-0.1, -0.05) is 24.3 Å². The van der Waals surface area contributed by atoms with Crippen molar-refractivity contribution in [3.05, 3.63) is 72.1 Å². The van der Waals surface area contributed by atoms with E-state index in [9.17, 15) is 9.59 Å². The van der Waals surface area contributed by atoms with Crippen LogP contribution in [0.1, 0.15) is 20.7 Å². The zero-order valence-corrected chi connectivity index (χ0v) is 13.0. The second-order valence-electron chi connectivity index (χ2n) is 5.98. The van der Waals surface area contributed by atoms with Crippen LogP contribution in [-0.2, 0) is 0 Å². The van der Waals surface area contributed by atoms with E-state index in [1.165, 1.54) is 0 Å². The summed E-state index contributed by atoms with van der Waals surface area (Å²) in [7, 11) is 0. The Hall–Kier alpha value is -3.60. The zero-order chi connectivity index (χ0) is 17.0. The molecule has 0 bridgehead atoms. The van der Waals surface area contributed by atoms with E-state index in [1.807, 2.05) is 36.4 Å². The molecule has 3 heterocycles. The minimum absolute atomic E-state index is 0.347. The molecule has 1 N–H and O–H groups in total. The fourth-order valence-electron chi connectivity index (χ4n) is 3.24. The number of rotatable bonds is 1. The summed E-state index contributed by atoms with van der Waals surface area (Å²) < 4.78 is 0. The fraction of sp³-hybridized carbons (Fsp3) is 0. The molecule has 0 atom stereocenters. The van der Waals surface area contributed by atoms with E-state index >= 15 is 0 Å². The fourth-order valence-corrected chi connectivity index (χ4v) is 3.24. The van der Waals surface area contributed by atoms with Crippen molar-refractivity contribution in [3.63, 3.8) is 0 Å². The Morgan fingerprint density at radius 2 is 1.52 bits per heavy atom. The summed E-state index contributed by atoms with van der Waals surface area (Å²) in [5, 5.41) is 4.33. The largest absolute Gasteiger partial charge is 0.288 e. The van der Waals surface area contributed by atoms with Crippen molar-refractivity contribution in [1.29, 1.82) is 0 Å². The number of nitrogens with zero attached hydrogens (tertiary/aromatic N) is 2. The summed E-state index contributed by atoms with van der Waals surface area (Å²) in [6.07, 6.45) is 3.53. The lowest BCUT2D eigenvalue weighted by Crippen LogP contribution is -2.19. The lowest BCUT2D eigenvalue weighted by molar-refractivity contribution is 0.0879. The second-order valence-corrected chi connectivity index (χ2v) is 5.98. The predicted molar refractivity (Wildman–Crippen MR) is 94.3 cm³/mol. The van der Waals surface area contributed by atoms with Gasteiger partial charge in [0.1, 0.15) is 0 Å². The average Bonchev–Trinajstić information content (AvgIpc) is 2.94. The van der Waals surface area contributed by atoms with Gasteiger partial charge in [-0.25, -0.2) is 0 Å². The van der Waals surface area contributed by atoms with Crippen LogP contribution in [0.3, 0.4) is 0 Å². The van der Waals surface area contributed by atoms with Gasteiger partial charge < -0.3 is 0 Å². The molecule has 0 radical (unpaired) electrons. The molecule has 4 aromatic rings. The van der Waals surface area contributed by atoms with Gasteiger partial charge in [0.05, 0.1) is 22.2 Å². The van der Waals surface area contributed by atoms with Crippen molar-refractivity contribution in [2.45, 2.75) is 0 Å². The molecule has 1 aliphatic rings. The Morgan fingerprint density at radius 3 is 2.44 bits per heavy atom. The van der Waals surface area contributed by atoms with Crippen molar-refractivity contribution in [3.8, 4) is 11.1 Å². The van der Waals surface area contributed by atoms with Crippen molar-refractivity contribution in [1.82, 2.24) is 15.3 Å². The minimum atomic E-state index is -0.356. The smallest absolute Gasteiger partial charge is 0.258 e. The summed E-state index contributed by atoms with van der Waals surface area (Å²) in [6, 6.07) is 15.2. The van der Waals surface area contributed by atoms with Crippen molar-refractivity contribution in [2.24, 2.45) is 0 Å². The standard InChI is InChI=1S/C20H11N3O2/c24-19-15-6-5-12(9-16(15)20(25)23-19)14-8-13-4-3-11-2-1-7-21-17(11)18(13)22-10-14/h1-10H,(H,23,24,25). The van der Waals surface area contributed by atoms with Crippen LogP contribution in [0.5, 0.6) is 0 Å². The number of pyridine rings is 2. The van der Waals surface area contributed by atoms with Gasteiger partial charge in [0.25, 0.3) is 11.8 Å². The topological polar surface area (TPSA) is 72.0 Å². The highest BCUT2D eigenvalue weighted by Gasteiger charge is 2.26. The first kappa shape index (κ1) is 13.8. The molecule has 118 valence electrons. The summed E-state index contributed by atoms with van der Waals surface area (Å²) in [4.78, 5) is 32.5. The normalized spacial score (nSPS) is 13.3. The van der Waals surface area contributed by atoms with Gasteiger partial charge >= 0.3 is 0 Å². The first-order valence-corrected chi connectivity index (χ1v) is 7.84. The number of hydrogen-bond acceptors (Lipinski definition) is 4. The summed E-state index contributed by atoms with van der Waals surface area (Å²) >= 11 is 0. The Bertz CT molecular complexity index is 1210. The number of amides is 2. The van der Waals surface area contributed by atoms with E-state index in [0.29, 0.717) is 11.1 Å². The molecule has 0 fully saturated rings. The third-order valence-electron chi connectivity index (χ3n) is 4.49. The van der Waals surface area contributed by atoms with Gasteiger partial charge in [-0.3, -0.25) is 24.9 Å². The number of nitrogens with one attached hydrogen (secondary N) is 1. The number of hydrogen-bond donors (Lipinski definition) is 1. The Morgan fingerprint density at radius 1 is 0.720 bits per heavy atom. The number of carbonyl (C=O) groups is 2. The van der Waals surface area contributed by atoms with Crippen LogP contribution in [-0.4, -0.2) is 21.8 Å². The van der Waals surface area contributed by atoms with Crippen molar-refractivity contribution >= 4 is 33.6 Å². The van der Waals surface area contributed by atoms with Crippen LogP contribution in [0.4, 0.5) is 0 Å². The molecule has 0 saturated carbocycles. The lowest BCUT2D eigenvalue weighted by atomic mass is 10.00. The van der Waals surface area contributed by atoms with Gasteiger partial charge in [0, 0.05) is 28.7 Å². The maximum Gasteiger partial charge on any atom is 0.258 e. The van der Waals surface area contributed by atoms with Gasteiger partial charge in [0.2, 0.25) is 0 Å². The first-order chi connectivity index (χ1) is 12.2. The van der Waals surface area contributed by atoms with Crippen LogP contribution in [0.15, 0.2) is 60.9 Å². The van der Waals surface area contributed by atoms with Gasteiger partial charge in [-0.2, -0.15) is 0 Å². The van der Waals surface area contributed by atoms with E-state index in [2.05, 4.69) is 15.3 Å². The highest BCUT2D eigenvalue weighted by Crippen LogP contribution is 2.29. The average molecular weight is 325 g/mol. The molecule has 2 amide bonds. The second kappa shape index (κ2) is 4.95. The molecule has 0 saturated heterocycles. The molecule has 2 aromatic heterocycles. The first-order valence-electron chi connectivity index (χ1n) is 7.84. The number of imide groups is 1. The third-order valence-corrected chi connectivity index (χ3v) is 4.49. The van der Waals surface area contributed by atoms with Crippen LogP contribution >= 0.6 is 0 Å². The summed E-state index contributed by atoms with van der Waals surface area (Å²) in [6.45, 7) is 0. The molecule has 1 aliphatic heterocycles. The maximum atomic E-state index is 11.9. The molecular weight excluding hydrogens is 314 g/mol. The van der Waals surface area contributed by atoms with E-state index in [-0.39, 0.29) is 11.8 Å². The third kappa shape index (κ3) is 2.03. The van der Waals surface area contributed by atoms with E-state index in [0.717, 1.165) is 32.9 Å². The highest BCUT2D eigenvalue weighted by molar-refractivity contribution is 6.21. The zero-order valence-electron chi connectivity index (χ0n) is 13.0. The Labute approximate surface area is 142 Å². The van der Waals surface area contributed by atoms with Gasteiger partial charge in [0.15, 0.2) is 0 Å². The molecule has 5 rings (SSSR count). The summed E-state index contributed by atoms with van der Waals surface area (Å²) in [5.41, 5.74) is 4.26. The van der Waals surface area contributed by atoms with E-state index in [4.69, 9.17) is 0 Å². The Balaban J connectivity index is 1.69. The quantitative estimate of drug-likeness (QED) is 0.430. The highest BCUT2D eigenvalue weighted by atomic mass is 16.2. The molecule has 0 unspecified atom stereocenters. The number of fused-ring (bicyclic) bond motifs is 4. The molecule has 5 heteroatoms. The molecular formula is C20H11N3O2. The van der Waals surface area contributed by atoms with Gasteiger partial charge in [-0.15, -0.1) is 0 Å². The monoisotopic (exact) mass is 325 g/mol. The van der Waals surface area contributed by atoms with Crippen molar-refractivity contribution in [2.75, 3.05) is 0 Å². The number of benzene rings is 2. The molecule has 0 aliphatic carbocycles. The number of carbonyl (C=O) groups excluding carboxylic acids is 2. The van der Waals surface area contributed by atoms with Crippen molar-refractivity contribution < 1.29 is 9.59 Å². The van der Waals surface area contributed by atoms with E-state index < -0.39 is 0 Å². The maximum absolute atomic E-state index is 11.9. The van der Waals surface area contributed by atoms with Crippen LogP contribution in [0, 0.1) is 0 Å². The van der Waals surface area contributed by atoms with E-state index in [1.54, 1.807) is 24.5 Å². The summed E-state index contributed by atoms with van der Waals surface area (Å²) in [5.74, 6) is -0.702. The van der Waals surface area contributed by atoms with Crippen LogP contribution in [0.25, 0.3) is 32.9 Å². The molecule has 2 aromatic carbocycles. The molecule has 5 nitrogen and oxygen atoms in total.